The summed E-state index contributed by atoms with van der Waals surface area (Å²) >= 11 is 1.46. The summed E-state index contributed by atoms with van der Waals surface area (Å²) in [6, 6.07) is 20.6. The van der Waals surface area contributed by atoms with E-state index in [1.807, 2.05) is 23.6 Å². The molecule has 0 bridgehead atoms. The first-order valence-corrected chi connectivity index (χ1v) is 9.77. The van der Waals surface area contributed by atoms with Gasteiger partial charge in [-0.15, -0.1) is 11.3 Å². The van der Waals surface area contributed by atoms with Gasteiger partial charge in [-0.25, -0.2) is 4.98 Å². The molecule has 0 saturated heterocycles. The minimum Gasteiger partial charge on any atom is -0.302 e. The third kappa shape index (κ3) is 3.91. The van der Waals surface area contributed by atoms with E-state index in [1.165, 1.54) is 27.8 Å². The molecule has 3 nitrogen and oxygen atoms in total. The molecule has 1 N–H and O–H groups in total. The number of carbonyl (C=O) groups is 1. The molecule has 4 rings (SSSR count). The van der Waals surface area contributed by atoms with Crippen molar-refractivity contribution in [1.82, 2.24) is 4.98 Å². The van der Waals surface area contributed by atoms with E-state index in [0.717, 1.165) is 22.2 Å². The predicted molar refractivity (Wildman–Crippen MR) is 113 cm³/mol. The van der Waals surface area contributed by atoms with Crippen molar-refractivity contribution in [1.29, 1.82) is 0 Å². The van der Waals surface area contributed by atoms with Crippen LogP contribution in [0.3, 0.4) is 0 Å². The molecular weight excluding hydrogens is 352 g/mol. The lowest BCUT2D eigenvalue weighted by molar-refractivity contribution is -0.115. The quantitative estimate of drug-likeness (QED) is 0.495. The fourth-order valence-electron chi connectivity index (χ4n) is 3.25. The monoisotopic (exact) mass is 372 g/mol. The van der Waals surface area contributed by atoms with E-state index in [-0.39, 0.29) is 5.91 Å². The number of fused-ring (bicyclic) bond motifs is 1. The smallest absolute Gasteiger partial charge is 0.230 e. The molecule has 27 heavy (non-hydrogen) atoms. The zero-order valence-electron chi connectivity index (χ0n) is 15.3. The maximum Gasteiger partial charge on any atom is 0.230 e. The van der Waals surface area contributed by atoms with Crippen LogP contribution in [0.25, 0.3) is 22.0 Å². The van der Waals surface area contributed by atoms with Gasteiger partial charge in [0.15, 0.2) is 5.13 Å². The van der Waals surface area contributed by atoms with Crippen molar-refractivity contribution in [3.63, 3.8) is 0 Å². The maximum atomic E-state index is 12.4. The van der Waals surface area contributed by atoms with Gasteiger partial charge in [-0.2, -0.15) is 0 Å². The van der Waals surface area contributed by atoms with Gasteiger partial charge in [-0.3, -0.25) is 4.79 Å². The Morgan fingerprint density at radius 1 is 1.00 bits per heavy atom. The van der Waals surface area contributed by atoms with Crippen molar-refractivity contribution < 1.29 is 4.79 Å². The number of nitrogens with zero attached hydrogens (tertiary/aromatic N) is 1. The lowest BCUT2D eigenvalue weighted by Crippen LogP contribution is -2.14. The second kappa shape index (κ2) is 7.33. The Balaban J connectivity index is 1.47. The van der Waals surface area contributed by atoms with Crippen LogP contribution in [-0.2, 0) is 11.2 Å². The molecule has 0 fully saturated rings. The Bertz CT molecular complexity index is 1130. The molecule has 0 atom stereocenters. The maximum absolute atomic E-state index is 12.4. The van der Waals surface area contributed by atoms with Gasteiger partial charge in [0, 0.05) is 10.9 Å². The summed E-state index contributed by atoms with van der Waals surface area (Å²) in [5.74, 6) is -0.0493. The highest BCUT2D eigenvalue weighted by atomic mass is 32.1. The van der Waals surface area contributed by atoms with Crippen LogP contribution in [0.4, 0.5) is 5.13 Å². The van der Waals surface area contributed by atoms with E-state index in [4.69, 9.17) is 0 Å². The number of amides is 1. The van der Waals surface area contributed by atoms with Crippen molar-refractivity contribution in [2.24, 2.45) is 0 Å². The van der Waals surface area contributed by atoms with Gasteiger partial charge >= 0.3 is 0 Å². The summed E-state index contributed by atoms with van der Waals surface area (Å²) in [5.41, 5.74) is 5.42. The second-order valence-corrected chi connectivity index (χ2v) is 7.62. The van der Waals surface area contributed by atoms with Crippen molar-refractivity contribution in [3.05, 3.63) is 82.7 Å². The molecule has 1 amide bonds. The minimum atomic E-state index is -0.0493. The molecule has 3 aromatic carbocycles. The van der Waals surface area contributed by atoms with Gasteiger partial charge < -0.3 is 5.32 Å². The number of rotatable bonds is 4. The van der Waals surface area contributed by atoms with Crippen LogP contribution >= 0.6 is 11.3 Å². The van der Waals surface area contributed by atoms with Crippen LogP contribution in [0.1, 0.15) is 16.7 Å². The van der Waals surface area contributed by atoms with Crippen LogP contribution < -0.4 is 5.32 Å². The number of thiazole rings is 1. The number of hydrogen-bond donors (Lipinski definition) is 1. The van der Waals surface area contributed by atoms with Crippen molar-refractivity contribution >= 4 is 33.1 Å². The molecule has 1 heterocycles. The van der Waals surface area contributed by atoms with Crippen LogP contribution in [0.15, 0.2) is 66.0 Å². The highest BCUT2D eigenvalue weighted by molar-refractivity contribution is 7.14. The van der Waals surface area contributed by atoms with E-state index < -0.39 is 0 Å². The molecule has 4 heteroatoms. The highest BCUT2D eigenvalue weighted by Crippen LogP contribution is 2.28. The third-order valence-electron chi connectivity index (χ3n) is 4.59. The van der Waals surface area contributed by atoms with Gasteiger partial charge in [0.1, 0.15) is 0 Å². The third-order valence-corrected chi connectivity index (χ3v) is 5.34. The molecule has 0 saturated carbocycles. The Hall–Kier alpha value is -2.98. The van der Waals surface area contributed by atoms with Crippen molar-refractivity contribution in [2.75, 3.05) is 5.32 Å². The first kappa shape index (κ1) is 17.4. The average molecular weight is 372 g/mol. The number of hydrogen-bond acceptors (Lipinski definition) is 3. The number of nitrogens with one attached hydrogen (secondary N) is 1. The van der Waals surface area contributed by atoms with Crippen LogP contribution in [0.5, 0.6) is 0 Å². The summed E-state index contributed by atoms with van der Waals surface area (Å²) in [6.07, 6.45) is 0.337. The molecule has 4 aromatic rings. The Morgan fingerprint density at radius 2 is 1.81 bits per heavy atom. The van der Waals surface area contributed by atoms with Crippen molar-refractivity contribution in [3.8, 4) is 11.3 Å². The predicted octanol–water partition coefficient (Wildman–Crippen LogP) is 5.76. The zero-order chi connectivity index (χ0) is 18.8. The molecule has 0 aliphatic carbocycles. The van der Waals surface area contributed by atoms with Gasteiger partial charge in [0.05, 0.1) is 12.1 Å². The minimum absolute atomic E-state index is 0.0493. The van der Waals surface area contributed by atoms with Crippen molar-refractivity contribution in [2.45, 2.75) is 20.3 Å². The molecule has 0 radical (unpaired) electrons. The lowest BCUT2D eigenvalue weighted by atomic mass is 10.0. The topological polar surface area (TPSA) is 42.0 Å². The summed E-state index contributed by atoms with van der Waals surface area (Å²) < 4.78 is 0. The van der Waals surface area contributed by atoms with E-state index in [1.54, 1.807) is 0 Å². The second-order valence-electron chi connectivity index (χ2n) is 6.76. The Kier molecular flexibility index (Phi) is 4.73. The molecule has 0 spiro atoms. The molecule has 134 valence electrons. The van der Waals surface area contributed by atoms with Crippen LogP contribution in [-0.4, -0.2) is 10.9 Å². The molecule has 0 aliphatic heterocycles. The normalized spacial score (nSPS) is 10.9. The number of benzene rings is 3. The SMILES string of the molecule is Cc1ccc(-c2csc(NC(=O)Cc3ccc4ccccc4c3)n2)c(C)c1. The first-order valence-electron chi connectivity index (χ1n) is 8.89. The summed E-state index contributed by atoms with van der Waals surface area (Å²) in [7, 11) is 0. The molecule has 0 unspecified atom stereocenters. The van der Waals surface area contributed by atoms with Crippen LogP contribution in [0.2, 0.25) is 0 Å². The first-order chi connectivity index (χ1) is 13.1. The Labute approximate surface area is 162 Å². The highest BCUT2D eigenvalue weighted by Gasteiger charge is 2.10. The average Bonchev–Trinajstić information content (AvgIpc) is 3.09. The van der Waals surface area contributed by atoms with Gasteiger partial charge in [0.25, 0.3) is 0 Å². The Morgan fingerprint density at radius 3 is 2.63 bits per heavy atom. The summed E-state index contributed by atoms with van der Waals surface area (Å²) in [4.78, 5) is 17.0. The molecule has 0 aliphatic rings. The van der Waals surface area contributed by atoms with Crippen LogP contribution in [0, 0.1) is 13.8 Å². The summed E-state index contributed by atoms with van der Waals surface area (Å²) in [6.45, 7) is 4.16. The van der Waals surface area contributed by atoms with Gasteiger partial charge in [-0.1, -0.05) is 66.2 Å². The number of aryl methyl sites for hydroxylation is 2. The summed E-state index contributed by atoms with van der Waals surface area (Å²) in [5, 5.41) is 7.88. The number of carbonyl (C=O) groups excluding carboxylic acids is 1. The molecular formula is C23H20N2OS. The molecule has 1 aromatic heterocycles. The lowest BCUT2D eigenvalue weighted by Gasteiger charge is -2.05. The number of anilines is 1. The fourth-order valence-corrected chi connectivity index (χ4v) is 3.98. The van der Waals surface area contributed by atoms with E-state index >= 15 is 0 Å². The van der Waals surface area contributed by atoms with Gasteiger partial charge in [0.2, 0.25) is 5.91 Å². The fraction of sp³-hybridized carbons (Fsp3) is 0.130. The van der Waals surface area contributed by atoms with E-state index in [0.29, 0.717) is 11.6 Å². The standard InChI is InChI=1S/C23H20N2OS/c1-15-7-10-20(16(2)11-15)21-14-27-23(24-21)25-22(26)13-17-8-9-18-5-3-4-6-19(18)12-17/h3-12,14H,13H2,1-2H3,(H,24,25,26). The number of aromatic nitrogens is 1. The largest absolute Gasteiger partial charge is 0.302 e. The van der Waals surface area contributed by atoms with Gasteiger partial charge in [-0.05, 0) is 35.7 Å². The van der Waals surface area contributed by atoms with E-state index in [2.05, 4.69) is 66.6 Å². The zero-order valence-corrected chi connectivity index (χ0v) is 16.1. The van der Waals surface area contributed by atoms with E-state index in [9.17, 15) is 4.79 Å².